The zero-order valence-corrected chi connectivity index (χ0v) is 12.6. The number of nitrogens with one attached hydrogen (secondary N) is 2. The van der Waals surface area contributed by atoms with Crippen molar-refractivity contribution in [3.63, 3.8) is 0 Å². The van der Waals surface area contributed by atoms with Crippen molar-refractivity contribution in [1.82, 2.24) is 15.4 Å². The van der Waals surface area contributed by atoms with Crippen molar-refractivity contribution < 1.29 is 9.63 Å². The minimum absolute atomic E-state index is 0.0585. The second-order valence-corrected chi connectivity index (χ2v) is 5.21. The van der Waals surface area contributed by atoms with Gasteiger partial charge in [0.05, 0.1) is 6.61 Å². The summed E-state index contributed by atoms with van der Waals surface area (Å²) in [6.45, 7) is 5.65. The molecule has 21 heavy (non-hydrogen) atoms. The lowest BCUT2D eigenvalue weighted by Gasteiger charge is -2.25. The average Bonchev–Trinajstić information content (AvgIpc) is 2.51. The van der Waals surface area contributed by atoms with Crippen LogP contribution in [0.15, 0.2) is 18.3 Å². The SMILES string of the molecule is Cc1ccnc(NCCNC(=O)CCN2CCCCO2)c1. The van der Waals surface area contributed by atoms with Crippen LogP contribution in [0.25, 0.3) is 0 Å². The second-order valence-electron chi connectivity index (χ2n) is 5.21. The highest BCUT2D eigenvalue weighted by molar-refractivity contribution is 5.76. The molecule has 2 heterocycles. The van der Waals surface area contributed by atoms with Crippen LogP contribution >= 0.6 is 0 Å². The van der Waals surface area contributed by atoms with E-state index in [0.29, 0.717) is 26.1 Å². The van der Waals surface area contributed by atoms with Gasteiger partial charge >= 0.3 is 0 Å². The Bertz CT molecular complexity index is 447. The fourth-order valence-electron chi connectivity index (χ4n) is 2.16. The van der Waals surface area contributed by atoms with Gasteiger partial charge in [0.15, 0.2) is 0 Å². The van der Waals surface area contributed by atoms with Crippen LogP contribution in [0.2, 0.25) is 0 Å². The Morgan fingerprint density at radius 2 is 2.33 bits per heavy atom. The minimum Gasteiger partial charge on any atom is -0.368 e. The average molecular weight is 292 g/mol. The van der Waals surface area contributed by atoms with Crippen molar-refractivity contribution >= 4 is 11.7 Å². The van der Waals surface area contributed by atoms with E-state index < -0.39 is 0 Å². The first kappa shape index (κ1) is 15.7. The lowest BCUT2D eigenvalue weighted by atomic mass is 10.3. The zero-order valence-electron chi connectivity index (χ0n) is 12.6. The van der Waals surface area contributed by atoms with Gasteiger partial charge in [0.1, 0.15) is 5.82 Å². The predicted molar refractivity (Wildman–Crippen MR) is 81.8 cm³/mol. The topological polar surface area (TPSA) is 66.5 Å². The van der Waals surface area contributed by atoms with E-state index in [2.05, 4.69) is 15.6 Å². The monoisotopic (exact) mass is 292 g/mol. The number of nitrogens with zero attached hydrogens (tertiary/aromatic N) is 2. The van der Waals surface area contributed by atoms with Gasteiger partial charge in [0.2, 0.25) is 5.91 Å². The number of aromatic nitrogens is 1. The van der Waals surface area contributed by atoms with Crippen LogP contribution < -0.4 is 10.6 Å². The van der Waals surface area contributed by atoms with E-state index in [4.69, 9.17) is 4.84 Å². The van der Waals surface area contributed by atoms with Crippen molar-refractivity contribution in [2.45, 2.75) is 26.2 Å². The smallest absolute Gasteiger partial charge is 0.221 e. The van der Waals surface area contributed by atoms with Crippen LogP contribution in [-0.2, 0) is 9.63 Å². The molecule has 6 nitrogen and oxygen atoms in total. The Hall–Kier alpha value is -1.66. The van der Waals surface area contributed by atoms with E-state index >= 15 is 0 Å². The number of hydrogen-bond donors (Lipinski definition) is 2. The third-order valence-corrected chi connectivity index (χ3v) is 3.33. The van der Waals surface area contributed by atoms with Gasteiger partial charge in [-0.1, -0.05) is 0 Å². The van der Waals surface area contributed by atoms with Gasteiger partial charge < -0.3 is 10.6 Å². The summed E-state index contributed by atoms with van der Waals surface area (Å²) in [6.07, 6.45) is 4.51. The van der Waals surface area contributed by atoms with Crippen LogP contribution in [0, 0.1) is 6.92 Å². The Morgan fingerprint density at radius 3 is 3.10 bits per heavy atom. The molecule has 2 N–H and O–H groups in total. The molecule has 0 aliphatic carbocycles. The normalized spacial score (nSPS) is 15.7. The lowest BCUT2D eigenvalue weighted by Crippen LogP contribution is -2.35. The number of pyridine rings is 1. The van der Waals surface area contributed by atoms with Gasteiger partial charge in [-0.25, -0.2) is 4.98 Å². The molecule has 0 aromatic carbocycles. The molecule has 1 aromatic heterocycles. The molecule has 1 fully saturated rings. The maximum Gasteiger partial charge on any atom is 0.221 e. The van der Waals surface area contributed by atoms with Crippen LogP contribution in [0.3, 0.4) is 0 Å². The number of carbonyl (C=O) groups is 1. The van der Waals surface area contributed by atoms with Crippen LogP contribution in [0.4, 0.5) is 5.82 Å². The van der Waals surface area contributed by atoms with Crippen molar-refractivity contribution in [3.05, 3.63) is 23.9 Å². The summed E-state index contributed by atoms with van der Waals surface area (Å²) in [5, 5.41) is 7.97. The number of anilines is 1. The summed E-state index contributed by atoms with van der Waals surface area (Å²) in [5.41, 5.74) is 1.16. The molecule has 1 saturated heterocycles. The molecular formula is C15H24N4O2. The van der Waals surface area contributed by atoms with Crippen molar-refractivity contribution in [2.24, 2.45) is 0 Å². The number of hydrogen-bond acceptors (Lipinski definition) is 5. The highest BCUT2D eigenvalue weighted by atomic mass is 16.7. The number of carbonyl (C=O) groups excluding carboxylic acids is 1. The highest BCUT2D eigenvalue weighted by Gasteiger charge is 2.12. The number of rotatable bonds is 7. The van der Waals surface area contributed by atoms with E-state index in [1.807, 2.05) is 24.1 Å². The number of amides is 1. The fourth-order valence-corrected chi connectivity index (χ4v) is 2.16. The third kappa shape index (κ3) is 6.10. The third-order valence-electron chi connectivity index (χ3n) is 3.33. The molecule has 0 saturated carbocycles. The van der Waals surface area contributed by atoms with Crippen molar-refractivity contribution in [1.29, 1.82) is 0 Å². The molecule has 0 unspecified atom stereocenters. The largest absolute Gasteiger partial charge is 0.368 e. The number of hydroxylamine groups is 2. The fraction of sp³-hybridized carbons (Fsp3) is 0.600. The standard InChI is InChI=1S/C15H24N4O2/c1-13-4-6-16-14(12-13)17-7-8-18-15(20)5-10-19-9-2-3-11-21-19/h4,6,12H,2-3,5,7-11H2,1H3,(H,16,17)(H,18,20). The Balaban J connectivity index is 1.54. The Morgan fingerprint density at radius 1 is 1.43 bits per heavy atom. The molecule has 1 aliphatic rings. The van der Waals surface area contributed by atoms with Crippen LogP contribution in [0.1, 0.15) is 24.8 Å². The first-order chi connectivity index (χ1) is 10.2. The van der Waals surface area contributed by atoms with Crippen molar-refractivity contribution in [2.75, 3.05) is 38.1 Å². The molecular weight excluding hydrogens is 268 g/mol. The molecule has 6 heteroatoms. The first-order valence-corrected chi connectivity index (χ1v) is 7.55. The minimum atomic E-state index is 0.0585. The second kappa shape index (κ2) is 8.59. The maximum absolute atomic E-state index is 11.7. The summed E-state index contributed by atoms with van der Waals surface area (Å²) < 4.78 is 0. The summed E-state index contributed by atoms with van der Waals surface area (Å²) in [7, 11) is 0. The van der Waals surface area contributed by atoms with E-state index in [0.717, 1.165) is 37.4 Å². The molecule has 0 bridgehead atoms. The summed E-state index contributed by atoms with van der Waals surface area (Å²) in [5.74, 6) is 0.897. The molecule has 116 valence electrons. The highest BCUT2D eigenvalue weighted by Crippen LogP contribution is 2.06. The van der Waals surface area contributed by atoms with Gasteiger partial charge in [0.25, 0.3) is 0 Å². The number of aryl methyl sites for hydroxylation is 1. The molecule has 1 amide bonds. The Labute approximate surface area is 125 Å². The molecule has 0 spiro atoms. The van der Waals surface area contributed by atoms with Gasteiger partial charge in [-0.2, -0.15) is 5.06 Å². The van der Waals surface area contributed by atoms with Crippen LogP contribution in [0.5, 0.6) is 0 Å². The zero-order chi connectivity index (χ0) is 14.9. The molecule has 2 rings (SSSR count). The maximum atomic E-state index is 11.7. The quantitative estimate of drug-likeness (QED) is 0.742. The van der Waals surface area contributed by atoms with Crippen LogP contribution in [-0.4, -0.2) is 48.7 Å². The first-order valence-electron chi connectivity index (χ1n) is 7.55. The summed E-state index contributed by atoms with van der Waals surface area (Å²) >= 11 is 0. The van der Waals surface area contributed by atoms with E-state index in [-0.39, 0.29) is 5.91 Å². The molecule has 1 aromatic rings. The van der Waals surface area contributed by atoms with Gasteiger partial charge in [-0.05, 0) is 37.5 Å². The molecule has 0 atom stereocenters. The van der Waals surface area contributed by atoms with E-state index in [9.17, 15) is 4.79 Å². The molecule has 0 radical (unpaired) electrons. The van der Waals surface area contributed by atoms with E-state index in [1.54, 1.807) is 6.20 Å². The lowest BCUT2D eigenvalue weighted by molar-refractivity contribution is -0.181. The molecule has 1 aliphatic heterocycles. The van der Waals surface area contributed by atoms with Gasteiger partial charge in [0, 0.05) is 38.8 Å². The van der Waals surface area contributed by atoms with Gasteiger partial charge in [-0.15, -0.1) is 0 Å². The van der Waals surface area contributed by atoms with E-state index in [1.165, 1.54) is 0 Å². The predicted octanol–water partition coefficient (Wildman–Crippen LogP) is 1.34. The summed E-state index contributed by atoms with van der Waals surface area (Å²) in [4.78, 5) is 21.4. The summed E-state index contributed by atoms with van der Waals surface area (Å²) in [6, 6.07) is 3.94. The van der Waals surface area contributed by atoms with Crippen molar-refractivity contribution in [3.8, 4) is 0 Å². The van der Waals surface area contributed by atoms with Gasteiger partial charge in [-0.3, -0.25) is 9.63 Å². The Kier molecular flexibility index (Phi) is 6.43.